The van der Waals surface area contributed by atoms with Crippen LogP contribution in [0.4, 0.5) is 0 Å². The highest BCUT2D eigenvalue weighted by Gasteiger charge is 2.24. The van der Waals surface area contributed by atoms with Crippen molar-refractivity contribution >= 4 is 0 Å². The Morgan fingerprint density at radius 1 is 1.33 bits per heavy atom. The summed E-state index contributed by atoms with van der Waals surface area (Å²) in [5, 5.41) is 3.62. The molecule has 0 aliphatic carbocycles. The lowest BCUT2D eigenvalue weighted by Crippen LogP contribution is -2.26. The van der Waals surface area contributed by atoms with E-state index < -0.39 is 0 Å². The van der Waals surface area contributed by atoms with Crippen LogP contribution in [-0.4, -0.2) is 33.5 Å². The Morgan fingerprint density at radius 2 is 2.19 bits per heavy atom. The molecule has 0 saturated carbocycles. The fourth-order valence-electron chi connectivity index (χ4n) is 2.84. The molecular formula is C17H27NO3. The Labute approximate surface area is 127 Å². The molecule has 2 atom stereocenters. The van der Waals surface area contributed by atoms with Crippen molar-refractivity contribution in [2.75, 3.05) is 27.4 Å². The highest BCUT2D eigenvalue weighted by Crippen LogP contribution is 2.33. The van der Waals surface area contributed by atoms with Gasteiger partial charge in [-0.25, -0.2) is 0 Å². The zero-order valence-electron chi connectivity index (χ0n) is 13.4. The molecule has 1 aromatic carbocycles. The number of nitrogens with one attached hydrogen (secondary N) is 1. The lowest BCUT2D eigenvalue weighted by atomic mass is 9.98. The van der Waals surface area contributed by atoms with Gasteiger partial charge in [-0.1, -0.05) is 6.92 Å². The third-order valence-corrected chi connectivity index (χ3v) is 3.98. The van der Waals surface area contributed by atoms with Crippen molar-refractivity contribution in [3.05, 3.63) is 23.8 Å². The van der Waals surface area contributed by atoms with Gasteiger partial charge in [-0.2, -0.15) is 0 Å². The fourth-order valence-corrected chi connectivity index (χ4v) is 2.84. The summed E-state index contributed by atoms with van der Waals surface area (Å²) in [6.45, 7) is 4.05. The molecule has 1 aliphatic rings. The highest BCUT2D eigenvalue weighted by molar-refractivity contribution is 5.42. The van der Waals surface area contributed by atoms with Crippen LogP contribution in [0.3, 0.4) is 0 Å². The molecule has 118 valence electrons. The first-order valence-electron chi connectivity index (χ1n) is 7.85. The summed E-state index contributed by atoms with van der Waals surface area (Å²) in [7, 11) is 3.41. The van der Waals surface area contributed by atoms with Crippen LogP contribution < -0.4 is 14.8 Å². The topological polar surface area (TPSA) is 39.7 Å². The Morgan fingerprint density at radius 3 is 2.81 bits per heavy atom. The van der Waals surface area contributed by atoms with E-state index in [1.807, 2.05) is 12.1 Å². The normalized spacial score (nSPS) is 19.5. The fraction of sp³-hybridized carbons (Fsp3) is 0.647. The van der Waals surface area contributed by atoms with Crippen LogP contribution in [0.15, 0.2) is 18.2 Å². The van der Waals surface area contributed by atoms with E-state index in [0.717, 1.165) is 49.5 Å². The molecule has 4 heteroatoms. The number of benzene rings is 1. The van der Waals surface area contributed by atoms with Gasteiger partial charge in [-0.15, -0.1) is 0 Å². The number of hydrogen-bond donors (Lipinski definition) is 1. The van der Waals surface area contributed by atoms with E-state index in [1.54, 1.807) is 14.2 Å². The second-order valence-electron chi connectivity index (χ2n) is 5.49. The van der Waals surface area contributed by atoms with Crippen molar-refractivity contribution in [1.82, 2.24) is 5.32 Å². The predicted molar refractivity (Wildman–Crippen MR) is 84.2 cm³/mol. The number of rotatable bonds is 8. The quantitative estimate of drug-likeness (QED) is 0.798. The highest BCUT2D eigenvalue weighted by atomic mass is 16.5. The van der Waals surface area contributed by atoms with Crippen molar-refractivity contribution in [2.24, 2.45) is 0 Å². The van der Waals surface area contributed by atoms with Crippen LogP contribution in [0.5, 0.6) is 11.5 Å². The zero-order valence-corrected chi connectivity index (χ0v) is 13.4. The standard InChI is InChI=1S/C17H27NO3/c1-4-9-18-16(12-14-6-5-10-21-14)15-11-13(19-2)7-8-17(15)20-3/h7-8,11,14,16,18H,4-6,9-10,12H2,1-3H3. The van der Waals surface area contributed by atoms with Crippen LogP contribution in [0.25, 0.3) is 0 Å². The maximum atomic E-state index is 5.80. The van der Waals surface area contributed by atoms with Crippen molar-refractivity contribution in [3.8, 4) is 11.5 Å². The van der Waals surface area contributed by atoms with Crippen LogP contribution >= 0.6 is 0 Å². The summed E-state index contributed by atoms with van der Waals surface area (Å²) in [5.41, 5.74) is 1.15. The van der Waals surface area contributed by atoms with Gasteiger partial charge in [0, 0.05) is 18.2 Å². The summed E-state index contributed by atoms with van der Waals surface area (Å²) in [6, 6.07) is 6.22. The number of methoxy groups -OCH3 is 2. The SMILES string of the molecule is CCCNC(CC1CCCO1)c1cc(OC)ccc1OC. The summed E-state index contributed by atoms with van der Waals surface area (Å²) >= 11 is 0. The van der Waals surface area contributed by atoms with Gasteiger partial charge in [0.1, 0.15) is 11.5 Å². The van der Waals surface area contributed by atoms with E-state index in [1.165, 1.54) is 6.42 Å². The molecule has 1 saturated heterocycles. The van der Waals surface area contributed by atoms with Gasteiger partial charge in [-0.3, -0.25) is 0 Å². The van der Waals surface area contributed by atoms with Gasteiger partial charge in [-0.05, 0) is 50.4 Å². The summed E-state index contributed by atoms with van der Waals surface area (Å²) in [6.07, 6.45) is 4.74. The van der Waals surface area contributed by atoms with Crippen molar-refractivity contribution < 1.29 is 14.2 Å². The molecule has 4 nitrogen and oxygen atoms in total. The smallest absolute Gasteiger partial charge is 0.123 e. The maximum Gasteiger partial charge on any atom is 0.123 e. The first-order chi connectivity index (χ1) is 10.3. The Hall–Kier alpha value is -1.26. The van der Waals surface area contributed by atoms with Crippen LogP contribution in [0.2, 0.25) is 0 Å². The molecule has 0 radical (unpaired) electrons. The van der Waals surface area contributed by atoms with Gasteiger partial charge >= 0.3 is 0 Å². The van der Waals surface area contributed by atoms with Gasteiger partial charge in [0.15, 0.2) is 0 Å². The Kier molecular flexibility index (Phi) is 6.33. The average molecular weight is 293 g/mol. The third kappa shape index (κ3) is 4.35. The monoisotopic (exact) mass is 293 g/mol. The minimum absolute atomic E-state index is 0.234. The minimum atomic E-state index is 0.234. The van der Waals surface area contributed by atoms with Crippen molar-refractivity contribution in [3.63, 3.8) is 0 Å². The van der Waals surface area contributed by atoms with Gasteiger partial charge in [0.2, 0.25) is 0 Å². The third-order valence-electron chi connectivity index (χ3n) is 3.98. The molecule has 2 unspecified atom stereocenters. The van der Waals surface area contributed by atoms with Crippen LogP contribution in [0.1, 0.15) is 44.2 Å². The van der Waals surface area contributed by atoms with E-state index in [0.29, 0.717) is 6.10 Å². The molecule has 1 N–H and O–H groups in total. The largest absolute Gasteiger partial charge is 0.497 e. The minimum Gasteiger partial charge on any atom is -0.497 e. The molecule has 1 aromatic rings. The predicted octanol–water partition coefficient (Wildman–Crippen LogP) is 3.31. The van der Waals surface area contributed by atoms with Crippen molar-refractivity contribution in [1.29, 1.82) is 0 Å². The molecule has 1 fully saturated rings. The average Bonchev–Trinajstić information content (AvgIpc) is 3.03. The zero-order chi connectivity index (χ0) is 15.1. The van der Waals surface area contributed by atoms with E-state index in [-0.39, 0.29) is 6.04 Å². The summed E-state index contributed by atoms with van der Waals surface area (Å²) in [5.74, 6) is 1.77. The molecule has 0 amide bonds. The molecule has 0 spiro atoms. The second-order valence-corrected chi connectivity index (χ2v) is 5.49. The number of hydrogen-bond acceptors (Lipinski definition) is 4. The molecule has 0 aromatic heterocycles. The van der Waals surface area contributed by atoms with E-state index in [4.69, 9.17) is 14.2 Å². The first-order valence-corrected chi connectivity index (χ1v) is 7.85. The van der Waals surface area contributed by atoms with Crippen LogP contribution in [-0.2, 0) is 4.74 Å². The maximum absolute atomic E-state index is 5.80. The first kappa shape index (κ1) is 16.1. The summed E-state index contributed by atoms with van der Waals surface area (Å²) in [4.78, 5) is 0. The molecular weight excluding hydrogens is 266 g/mol. The van der Waals surface area contributed by atoms with Crippen LogP contribution in [0, 0.1) is 0 Å². The molecule has 0 bridgehead atoms. The molecule has 21 heavy (non-hydrogen) atoms. The molecule has 2 rings (SSSR count). The van der Waals surface area contributed by atoms with Crippen molar-refractivity contribution in [2.45, 2.75) is 44.8 Å². The van der Waals surface area contributed by atoms with Gasteiger partial charge < -0.3 is 19.5 Å². The Bertz CT molecular complexity index is 430. The van der Waals surface area contributed by atoms with E-state index in [2.05, 4.69) is 18.3 Å². The van der Waals surface area contributed by atoms with E-state index >= 15 is 0 Å². The second kappa shape index (κ2) is 8.25. The Balaban J connectivity index is 2.20. The molecule has 1 heterocycles. The van der Waals surface area contributed by atoms with Gasteiger partial charge in [0.25, 0.3) is 0 Å². The van der Waals surface area contributed by atoms with E-state index in [9.17, 15) is 0 Å². The number of ether oxygens (including phenoxy) is 3. The van der Waals surface area contributed by atoms with Gasteiger partial charge in [0.05, 0.1) is 20.3 Å². The lowest BCUT2D eigenvalue weighted by Gasteiger charge is -2.24. The lowest BCUT2D eigenvalue weighted by molar-refractivity contribution is 0.0942. The summed E-state index contributed by atoms with van der Waals surface area (Å²) < 4.78 is 16.7. The molecule has 1 aliphatic heterocycles.